The van der Waals surface area contributed by atoms with E-state index in [-0.39, 0.29) is 4.90 Å². The molecule has 0 fully saturated rings. The lowest BCUT2D eigenvalue weighted by atomic mass is 9.97. The molecule has 1 heterocycles. The molecule has 2 rings (SSSR count). The number of hydrogen-bond donors (Lipinski definition) is 1. The Bertz CT molecular complexity index is 751. The van der Waals surface area contributed by atoms with Crippen LogP contribution in [0.5, 0.6) is 0 Å². The Kier molecular flexibility index (Phi) is 4.90. The van der Waals surface area contributed by atoms with Crippen LogP contribution >= 0.6 is 0 Å². The lowest BCUT2D eigenvalue weighted by Gasteiger charge is -2.16. The van der Waals surface area contributed by atoms with Crippen molar-refractivity contribution in [3.05, 3.63) is 41.7 Å². The molecule has 5 nitrogen and oxygen atoms in total. The molecule has 22 heavy (non-hydrogen) atoms. The van der Waals surface area contributed by atoms with E-state index < -0.39 is 10.0 Å². The smallest absolute Gasteiger partial charge is 0.265 e. The molecule has 1 aromatic carbocycles. The first kappa shape index (κ1) is 16.5. The first-order valence-electron chi connectivity index (χ1n) is 7.54. The van der Waals surface area contributed by atoms with Gasteiger partial charge in [-0.15, -0.1) is 0 Å². The number of sulfonamides is 1. The lowest BCUT2D eigenvalue weighted by Crippen LogP contribution is -2.15. The molecule has 0 radical (unpaired) electrons. The van der Waals surface area contributed by atoms with Gasteiger partial charge in [-0.3, -0.25) is 9.40 Å². The number of benzene rings is 1. The second kappa shape index (κ2) is 6.52. The predicted octanol–water partition coefficient (Wildman–Crippen LogP) is 3.53. The highest BCUT2D eigenvalue weighted by molar-refractivity contribution is 7.92. The van der Waals surface area contributed by atoms with Gasteiger partial charge < -0.3 is 0 Å². The minimum absolute atomic E-state index is 0.230. The van der Waals surface area contributed by atoms with Gasteiger partial charge in [0.15, 0.2) is 0 Å². The van der Waals surface area contributed by atoms with E-state index in [9.17, 15) is 8.42 Å². The van der Waals surface area contributed by atoms with E-state index in [1.165, 1.54) is 6.20 Å². The van der Waals surface area contributed by atoms with Crippen LogP contribution in [0.2, 0.25) is 0 Å². The fourth-order valence-electron chi connectivity index (χ4n) is 2.45. The molecule has 0 amide bonds. The van der Waals surface area contributed by atoms with Crippen molar-refractivity contribution in [3.8, 4) is 0 Å². The van der Waals surface area contributed by atoms with E-state index in [2.05, 4.69) is 23.7 Å². The summed E-state index contributed by atoms with van der Waals surface area (Å²) in [5.41, 5.74) is 2.30. The Morgan fingerprint density at radius 1 is 1.27 bits per heavy atom. The summed E-state index contributed by atoms with van der Waals surface area (Å²) >= 11 is 0. The van der Waals surface area contributed by atoms with Gasteiger partial charge in [-0.2, -0.15) is 5.10 Å². The number of hydrogen-bond acceptors (Lipinski definition) is 3. The van der Waals surface area contributed by atoms with Gasteiger partial charge in [-0.25, -0.2) is 8.42 Å². The quantitative estimate of drug-likeness (QED) is 0.885. The maximum absolute atomic E-state index is 12.7. The molecule has 0 bridgehead atoms. The number of nitrogens with one attached hydrogen (secondary N) is 1. The van der Waals surface area contributed by atoms with E-state index in [4.69, 9.17) is 0 Å². The van der Waals surface area contributed by atoms with Crippen LogP contribution in [0.1, 0.15) is 44.4 Å². The summed E-state index contributed by atoms with van der Waals surface area (Å²) in [6.07, 6.45) is 2.36. The Morgan fingerprint density at radius 2 is 1.95 bits per heavy atom. The number of anilines is 1. The Balaban J connectivity index is 2.39. The Labute approximate surface area is 132 Å². The molecule has 120 valence electrons. The van der Waals surface area contributed by atoms with Crippen molar-refractivity contribution in [3.63, 3.8) is 0 Å². The van der Waals surface area contributed by atoms with Crippen LogP contribution in [-0.2, 0) is 16.6 Å². The third-order valence-corrected chi connectivity index (χ3v) is 5.46. The molecule has 0 aliphatic carbocycles. The van der Waals surface area contributed by atoms with Gasteiger partial charge in [0.05, 0.1) is 17.6 Å². The first-order valence-corrected chi connectivity index (χ1v) is 9.03. The van der Waals surface area contributed by atoms with E-state index in [0.717, 1.165) is 12.0 Å². The van der Waals surface area contributed by atoms with Crippen LogP contribution in [0.15, 0.2) is 35.4 Å². The molecule has 0 aliphatic heterocycles. The summed E-state index contributed by atoms with van der Waals surface area (Å²) in [5, 5.41) is 4.11. The van der Waals surface area contributed by atoms with Gasteiger partial charge in [0.2, 0.25) is 0 Å². The predicted molar refractivity (Wildman–Crippen MR) is 88.6 cm³/mol. The highest BCUT2D eigenvalue weighted by Crippen LogP contribution is 2.28. The van der Waals surface area contributed by atoms with Crippen LogP contribution in [0.25, 0.3) is 0 Å². The van der Waals surface area contributed by atoms with E-state index in [1.807, 2.05) is 25.1 Å². The van der Waals surface area contributed by atoms with Crippen LogP contribution < -0.4 is 4.72 Å². The minimum Gasteiger partial charge on any atom is -0.279 e. The molecule has 2 aromatic rings. The first-order chi connectivity index (χ1) is 10.4. The second-order valence-electron chi connectivity index (χ2n) is 5.41. The van der Waals surface area contributed by atoms with Gasteiger partial charge in [0.1, 0.15) is 4.90 Å². The van der Waals surface area contributed by atoms with Crippen molar-refractivity contribution in [2.75, 3.05) is 4.72 Å². The largest absolute Gasteiger partial charge is 0.279 e. The van der Waals surface area contributed by atoms with Gasteiger partial charge in [-0.1, -0.05) is 32.0 Å². The summed E-state index contributed by atoms with van der Waals surface area (Å²) in [7, 11) is -3.63. The summed E-state index contributed by atoms with van der Waals surface area (Å²) in [4.78, 5) is 0.230. The van der Waals surface area contributed by atoms with Gasteiger partial charge in [0.25, 0.3) is 10.0 Å². The van der Waals surface area contributed by atoms with E-state index in [1.54, 1.807) is 17.7 Å². The average molecular weight is 321 g/mol. The van der Waals surface area contributed by atoms with Gasteiger partial charge in [-0.05, 0) is 37.8 Å². The van der Waals surface area contributed by atoms with Crippen LogP contribution in [0.3, 0.4) is 0 Å². The maximum Gasteiger partial charge on any atom is 0.265 e. The summed E-state index contributed by atoms with van der Waals surface area (Å²) < 4.78 is 29.7. The van der Waals surface area contributed by atoms with Crippen LogP contribution in [0.4, 0.5) is 5.69 Å². The summed E-state index contributed by atoms with van der Waals surface area (Å²) in [6, 6.07) is 7.54. The zero-order chi connectivity index (χ0) is 16.3. The van der Waals surface area contributed by atoms with E-state index in [0.29, 0.717) is 23.8 Å². The molecular formula is C16H23N3O2S. The van der Waals surface area contributed by atoms with Crippen LogP contribution in [-0.4, -0.2) is 18.2 Å². The highest BCUT2D eigenvalue weighted by Gasteiger charge is 2.22. The third-order valence-electron chi connectivity index (χ3n) is 4.00. The molecule has 1 atom stereocenters. The van der Waals surface area contributed by atoms with Crippen molar-refractivity contribution >= 4 is 15.7 Å². The molecule has 1 aromatic heterocycles. The fraction of sp³-hybridized carbons (Fsp3) is 0.438. The van der Waals surface area contributed by atoms with Crippen molar-refractivity contribution < 1.29 is 8.42 Å². The normalized spacial score (nSPS) is 13.1. The highest BCUT2D eigenvalue weighted by atomic mass is 32.2. The number of para-hydroxylation sites is 1. The van der Waals surface area contributed by atoms with Gasteiger partial charge in [0, 0.05) is 6.54 Å². The lowest BCUT2D eigenvalue weighted by molar-refractivity contribution is 0.598. The molecule has 0 saturated carbocycles. The Morgan fingerprint density at radius 3 is 2.55 bits per heavy atom. The standard InChI is InChI=1S/C16H23N3O2S/c1-5-12(3)14-9-7-8-10-15(14)18-22(20,21)16-11-17-19(6-2)13(16)4/h7-12,18H,5-6H2,1-4H3. The van der Waals surface area contributed by atoms with Gasteiger partial charge >= 0.3 is 0 Å². The topological polar surface area (TPSA) is 64.0 Å². The minimum atomic E-state index is -3.63. The zero-order valence-electron chi connectivity index (χ0n) is 13.5. The van der Waals surface area contributed by atoms with Crippen molar-refractivity contribution in [1.82, 2.24) is 9.78 Å². The second-order valence-corrected chi connectivity index (χ2v) is 7.06. The van der Waals surface area contributed by atoms with Crippen molar-refractivity contribution in [2.24, 2.45) is 0 Å². The fourth-order valence-corrected chi connectivity index (χ4v) is 3.72. The Hall–Kier alpha value is -1.82. The molecular weight excluding hydrogens is 298 g/mol. The zero-order valence-corrected chi connectivity index (χ0v) is 14.3. The number of nitrogens with zero attached hydrogens (tertiary/aromatic N) is 2. The molecule has 0 saturated heterocycles. The summed E-state index contributed by atoms with van der Waals surface area (Å²) in [5.74, 6) is 0.290. The molecule has 1 N–H and O–H groups in total. The number of aromatic nitrogens is 2. The molecule has 6 heteroatoms. The summed E-state index contributed by atoms with van der Waals surface area (Å²) in [6.45, 7) is 8.53. The maximum atomic E-state index is 12.7. The molecule has 0 spiro atoms. The van der Waals surface area contributed by atoms with Crippen molar-refractivity contribution in [1.29, 1.82) is 0 Å². The van der Waals surface area contributed by atoms with E-state index >= 15 is 0 Å². The SMILES string of the molecule is CCC(C)c1ccccc1NS(=O)(=O)c1cnn(CC)c1C. The molecule has 1 unspecified atom stereocenters. The average Bonchev–Trinajstić information content (AvgIpc) is 2.88. The number of rotatable bonds is 6. The monoisotopic (exact) mass is 321 g/mol. The third kappa shape index (κ3) is 3.16. The number of aryl methyl sites for hydroxylation is 1. The van der Waals surface area contributed by atoms with Crippen LogP contribution in [0, 0.1) is 6.92 Å². The molecule has 0 aliphatic rings. The van der Waals surface area contributed by atoms with Crippen molar-refractivity contribution in [2.45, 2.75) is 51.5 Å².